The molecule has 0 aliphatic carbocycles. The number of benzene rings is 1. The Hall–Kier alpha value is -1.88. The fourth-order valence-electron chi connectivity index (χ4n) is 2.01. The lowest BCUT2D eigenvalue weighted by Crippen LogP contribution is -2.32. The Labute approximate surface area is 111 Å². The van der Waals surface area contributed by atoms with E-state index >= 15 is 0 Å². The molecule has 1 amide bonds. The summed E-state index contributed by atoms with van der Waals surface area (Å²) in [6, 6.07) is 6.68. The number of para-hydroxylation sites is 1. The van der Waals surface area contributed by atoms with Crippen molar-refractivity contribution in [2.75, 3.05) is 13.2 Å². The van der Waals surface area contributed by atoms with Crippen LogP contribution in [0, 0.1) is 0 Å². The van der Waals surface area contributed by atoms with Crippen LogP contribution in [0.15, 0.2) is 24.3 Å². The SMILES string of the molecule is CC(=O)Oc1ccccc1C(=O)NC[C@H]1CCCO1. The summed E-state index contributed by atoms with van der Waals surface area (Å²) in [4.78, 5) is 23.0. The minimum absolute atomic E-state index is 0.0878. The van der Waals surface area contributed by atoms with Gasteiger partial charge >= 0.3 is 5.97 Å². The maximum Gasteiger partial charge on any atom is 0.308 e. The van der Waals surface area contributed by atoms with Crippen molar-refractivity contribution in [1.82, 2.24) is 5.32 Å². The molecule has 1 aromatic rings. The van der Waals surface area contributed by atoms with E-state index < -0.39 is 5.97 Å². The molecule has 1 fully saturated rings. The zero-order chi connectivity index (χ0) is 13.7. The summed E-state index contributed by atoms with van der Waals surface area (Å²) < 4.78 is 10.4. The van der Waals surface area contributed by atoms with E-state index in [0.717, 1.165) is 19.4 Å². The Balaban J connectivity index is 1.99. The fraction of sp³-hybridized carbons (Fsp3) is 0.429. The van der Waals surface area contributed by atoms with Crippen LogP contribution in [-0.4, -0.2) is 31.1 Å². The van der Waals surface area contributed by atoms with E-state index in [4.69, 9.17) is 9.47 Å². The average Bonchev–Trinajstić information content (AvgIpc) is 2.89. The Bertz CT molecular complexity index is 466. The molecule has 0 bridgehead atoms. The topological polar surface area (TPSA) is 64.6 Å². The maximum atomic E-state index is 12.0. The van der Waals surface area contributed by atoms with Crippen molar-refractivity contribution < 1.29 is 19.1 Å². The summed E-state index contributed by atoms with van der Waals surface area (Å²) in [5, 5.41) is 2.80. The Morgan fingerprint density at radius 1 is 1.42 bits per heavy atom. The Morgan fingerprint density at radius 2 is 2.21 bits per heavy atom. The standard InChI is InChI=1S/C14H17NO4/c1-10(16)19-13-7-3-2-6-12(13)14(17)15-9-11-5-4-8-18-11/h2-3,6-7,11H,4-5,8-9H2,1H3,(H,15,17)/t11-/m1/s1. The number of nitrogens with one attached hydrogen (secondary N) is 1. The van der Waals surface area contributed by atoms with Gasteiger partial charge < -0.3 is 14.8 Å². The minimum Gasteiger partial charge on any atom is -0.426 e. The fourth-order valence-corrected chi connectivity index (χ4v) is 2.01. The normalized spacial score (nSPS) is 18.1. The predicted octanol–water partition coefficient (Wildman–Crippen LogP) is 1.52. The van der Waals surface area contributed by atoms with Crippen molar-refractivity contribution in [2.24, 2.45) is 0 Å². The van der Waals surface area contributed by atoms with Crippen LogP contribution < -0.4 is 10.1 Å². The smallest absolute Gasteiger partial charge is 0.308 e. The third-order valence-electron chi connectivity index (χ3n) is 2.90. The van der Waals surface area contributed by atoms with E-state index in [1.54, 1.807) is 24.3 Å². The summed E-state index contributed by atoms with van der Waals surface area (Å²) in [5.41, 5.74) is 0.357. The molecule has 0 unspecified atom stereocenters. The highest BCUT2D eigenvalue weighted by Gasteiger charge is 2.18. The summed E-state index contributed by atoms with van der Waals surface area (Å²) in [5.74, 6) is -0.424. The van der Waals surface area contributed by atoms with Crippen LogP contribution >= 0.6 is 0 Å². The minimum atomic E-state index is -0.445. The summed E-state index contributed by atoms with van der Waals surface area (Å²) >= 11 is 0. The van der Waals surface area contributed by atoms with Crippen LogP contribution in [0.25, 0.3) is 0 Å². The first-order valence-electron chi connectivity index (χ1n) is 6.34. The lowest BCUT2D eigenvalue weighted by molar-refractivity contribution is -0.131. The predicted molar refractivity (Wildman–Crippen MR) is 69.1 cm³/mol. The monoisotopic (exact) mass is 263 g/mol. The molecular formula is C14H17NO4. The molecule has 1 aliphatic rings. The molecule has 1 aliphatic heterocycles. The first-order chi connectivity index (χ1) is 9.16. The number of esters is 1. The molecule has 5 heteroatoms. The molecule has 1 saturated heterocycles. The highest BCUT2D eigenvalue weighted by atomic mass is 16.5. The van der Waals surface area contributed by atoms with Gasteiger partial charge in [0.05, 0.1) is 11.7 Å². The first kappa shape index (κ1) is 13.5. The quantitative estimate of drug-likeness (QED) is 0.660. The van der Waals surface area contributed by atoms with E-state index in [9.17, 15) is 9.59 Å². The largest absolute Gasteiger partial charge is 0.426 e. The lowest BCUT2D eigenvalue weighted by Gasteiger charge is -2.12. The van der Waals surface area contributed by atoms with Gasteiger partial charge in [-0.2, -0.15) is 0 Å². The van der Waals surface area contributed by atoms with Gasteiger partial charge in [-0.1, -0.05) is 12.1 Å². The third-order valence-corrected chi connectivity index (χ3v) is 2.90. The Morgan fingerprint density at radius 3 is 2.89 bits per heavy atom. The highest BCUT2D eigenvalue weighted by molar-refractivity contribution is 5.97. The number of rotatable bonds is 4. The second-order valence-corrected chi connectivity index (χ2v) is 4.43. The maximum absolute atomic E-state index is 12.0. The first-order valence-corrected chi connectivity index (χ1v) is 6.34. The average molecular weight is 263 g/mol. The summed E-state index contributed by atoms with van der Waals surface area (Å²) in [6.07, 6.45) is 2.08. The van der Waals surface area contributed by atoms with Crippen molar-refractivity contribution in [3.05, 3.63) is 29.8 Å². The molecule has 2 rings (SSSR count). The van der Waals surface area contributed by atoms with Crippen molar-refractivity contribution in [1.29, 1.82) is 0 Å². The number of ether oxygens (including phenoxy) is 2. The van der Waals surface area contributed by atoms with Gasteiger partial charge in [-0.3, -0.25) is 9.59 Å². The second-order valence-electron chi connectivity index (χ2n) is 4.43. The van der Waals surface area contributed by atoms with Crippen molar-refractivity contribution in [3.8, 4) is 5.75 Å². The Kier molecular flexibility index (Phi) is 4.52. The van der Waals surface area contributed by atoms with Gasteiger partial charge in [0.15, 0.2) is 0 Å². The van der Waals surface area contributed by atoms with E-state index in [1.165, 1.54) is 6.92 Å². The van der Waals surface area contributed by atoms with Crippen LogP contribution in [0.3, 0.4) is 0 Å². The van der Waals surface area contributed by atoms with Gasteiger partial charge in [-0.25, -0.2) is 0 Å². The van der Waals surface area contributed by atoms with Crippen molar-refractivity contribution >= 4 is 11.9 Å². The van der Waals surface area contributed by atoms with Crippen molar-refractivity contribution in [3.63, 3.8) is 0 Å². The van der Waals surface area contributed by atoms with Gasteiger partial charge in [-0.05, 0) is 25.0 Å². The number of carbonyl (C=O) groups is 2. The summed E-state index contributed by atoms with van der Waals surface area (Å²) in [6.45, 7) is 2.54. The van der Waals surface area contributed by atoms with Crippen LogP contribution in [0.5, 0.6) is 5.75 Å². The van der Waals surface area contributed by atoms with E-state index in [2.05, 4.69) is 5.32 Å². The van der Waals surface area contributed by atoms with Crippen LogP contribution in [0.1, 0.15) is 30.1 Å². The van der Waals surface area contributed by atoms with Gasteiger partial charge in [-0.15, -0.1) is 0 Å². The lowest BCUT2D eigenvalue weighted by atomic mass is 10.1. The number of hydrogen-bond donors (Lipinski definition) is 1. The summed E-state index contributed by atoms with van der Waals surface area (Å²) in [7, 11) is 0. The molecule has 1 N–H and O–H groups in total. The molecule has 0 saturated carbocycles. The molecule has 19 heavy (non-hydrogen) atoms. The highest BCUT2D eigenvalue weighted by Crippen LogP contribution is 2.18. The molecule has 0 spiro atoms. The van der Waals surface area contributed by atoms with Gasteiger partial charge in [0.1, 0.15) is 5.75 Å². The third kappa shape index (κ3) is 3.79. The zero-order valence-corrected chi connectivity index (χ0v) is 10.8. The molecule has 5 nitrogen and oxygen atoms in total. The molecule has 0 aromatic heterocycles. The second kappa shape index (κ2) is 6.33. The molecule has 1 atom stereocenters. The van der Waals surface area contributed by atoms with Crippen LogP contribution in [0.4, 0.5) is 0 Å². The van der Waals surface area contributed by atoms with E-state index in [1.807, 2.05) is 0 Å². The molecule has 1 heterocycles. The molecular weight excluding hydrogens is 246 g/mol. The molecule has 1 aromatic carbocycles. The zero-order valence-electron chi connectivity index (χ0n) is 10.8. The van der Waals surface area contributed by atoms with Crippen LogP contribution in [-0.2, 0) is 9.53 Å². The molecule has 0 radical (unpaired) electrons. The van der Waals surface area contributed by atoms with Gasteiger partial charge in [0, 0.05) is 20.1 Å². The van der Waals surface area contributed by atoms with E-state index in [-0.39, 0.29) is 17.8 Å². The number of carbonyl (C=O) groups excluding carboxylic acids is 2. The number of hydrogen-bond acceptors (Lipinski definition) is 4. The number of amides is 1. The van der Waals surface area contributed by atoms with Gasteiger partial charge in [0.2, 0.25) is 0 Å². The molecule has 102 valence electrons. The van der Waals surface area contributed by atoms with Crippen LogP contribution in [0.2, 0.25) is 0 Å². The van der Waals surface area contributed by atoms with Crippen molar-refractivity contribution in [2.45, 2.75) is 25.9 Å². The van der Waals surface area contributed by atoms with E-state index in [0.29, 0.717) is 12.1 Å². The van der Waals surface area contributed by atoms with Gasteiger partial charge in [0.25, 0.3) is 5.91 Å².